The van der Waals surface area contributed by atoms with Gasteiger partial charge < -0.3 is 15.4 Å². The Hall–Kier alpha value is -2.43. The molecular formula is C26H35IN6O. The molecule has 34 heavy (non-hydrogen) atoms. The maximum Gasteiger partial charge on any atom is 0.191 e. The largest absolute Gasteiger partial charge is 0.379 e. The second-order valence-electron chi connectivity index (χ2n) is 8.45. The summed E-state index contributed by atoms with van der Waals surface area (Å²) in [7, 11) is 1.80. The number of para-hydroxylation sites is 1. The molecule has 0 radical (unpaired) electrons. The zero-order valence-corrected chi connectivity index (χ0v) is 22.6. The molecule has 2 heterocycles. The first-order valence-corrected chi connectivity index (χ1v) is 11.6. The van der Waals surface area contributed by atoms with E-state index in [0.717, 1.165) is 62.4 Å². The molecule has 1 aliphatic heterocycles. The minimum atomic E-state index is 0. The van der Waals surface area contributed by atoms with Crippen LogP contribution >= 0.6 is 24.0 Å². The lowest BCUT2D eigenvalue weighted by Crippen LogP contribution is -2.36. The molecule has 1 aromatic heterocycles. The van der Waals surface area contributed by atoms with Gasteiger partial charge in [-0.2, -0.15) is 5.10 Å². The van der Waals surface area contributed by atoms with Crippen molar-refractivity contribution in [3.05, 3.63) is 82.7 Å². The fraction of sp³-hybridized carbons (Fsp3) is 0.385. The minimum Gasteiger partial charge on any atom is -0.379 e. The lowest BCUT2D eigenvalue weighted by Gasteiger charge is -2.26. The smallest absolute Gasteiger partial charge is 0.191 e. The predicted molar refractivity (Wildman–Crippen MR) is 148 cm³/mol. The summed E-state index contributed by atoms with van der Waals surface area (Å²) in [6.45, 7) is 10.1. The molecule has 1 aliphatic rings. The number of aryl methyl sites for hydroxylation is 2. The number of morpholine rings is 1. The van der Waals surface area contributed by atoms with Crippen LogP contribution in [-0.2, 0) is 24.4 Å². The SMILES string of the molecule is CN=C(NCc1ccc(CN2CCOCC2)cc1)NCc1ccccc1-n1nc(C)cc1C.I. The second-order valence-corrected chi connectivity index (χ2v) is 8.45. The van der Waals surface area contributed by atoms with Crippen LogP contribution in [0.15, 0.2) is 59.6 Å². The van der Waals surface area contributed by atoms with Crippen LogP contribution in [0.4, 0.5) is 0 Å². The van der Waals surface area contributed by atoms with Crippen molar-refractivity contribution in [3.63, 3.8) is 0 Å². The molecule has 2 aromatic carbocycles. The molecular weight excluding hydrogens is 539 g/mol. The first kappa shape index (κ1) is 26.2. The minimum absolute atomic E-state index is 0. The molecule has 7 nitrogen and oxygen atoms in total. The molecule has 1 saturated heterocycles. The fourth-order valence-electron chi connectivity index (χ4n) is 4.11. The summed E-state index contributed by atoms with van der Waals surface area (Å²) in [5.74, 6) is 0.774. The maximum absolute atomic E-state index is 5.43. The third-order valence-corrected chi connectivity index (χ3v) is 5.89. The number of aliphatic imine (C=N–C) groups is 1. The molecule has 3 aromatic rings. The van der Waals surface area contributed by atoms with Gasteiger partial charge >= 0.3 is 0 Å². The first-order chi connectivity index (χ1) is 16.1. The van der Waals surface area contributed by atoms with Crippen LogP contribution in [0.5, 0.6) is 0 Å². The van der Waals surface area contributed by atoms with Gasteiger partial charge in [-0.1, -0.05) is 42.5 Å². The molecule has 8 heteroatoms. The number of ether oxygens (including phenoxy) is 1. The van der Waals surface area contributed by atoms with E-state index >= 15 is 0 Å². The van der Waals surface area contributed by atoms with Crippen LogP contribution in [0, 0.1) is 13.8 Å². The van der Waals surface area contributed by atoms with Crippen molar-refractivity contribution in [2.45, 2.75) is 33.5 Å². The second kappa shape index (κ2) is 12.9. The zero-order chi connectivity index (χ0) is 23.0. The lowest BCUT2D eigenvalue weighted by atomic mass is 10.1. The van der Waals surface area contributed by atoms with Gasteiger partial charge in [0.25, 0.3) is 0 Å². The number of halogens is 1. The molecule has 2 N–H and O–H groups in total. The number of hydrogen-bond acceptors (Lipinski definition) is 4. The van der Waals surface area contributed by atoms with E-state index in [1.165, 1.54) is 16.7 Å². The van der Waals surface area contributed by atoms with E-state index in [-0.39, 0.29) is 24.0 Å². The van der Waals surface area contributed by atoms with E-state index in [0.29, 0.717) is 6.54 Å². The van der Waals surface area contributed by atoms with Gasteiger partial charge in [-0.15, -0.1) is 24.0 Å². The van der Waals surface area contributed by atoms with Gasteiger partial charge in [0.15, 0.2) is 5.96 Å². The van der Waals surface area contributed by atoms with Gasteiger partial charge in [0.05, 0.1) is 24.6 Å². The Labute approximate surface area is 219 Å². The highest BCUT2D eigenvalue weighted by Crippen LogP contribution is 2.17. The summed E-state index contributed by atoms with van der Waals surface area (Å²) in [5, 5.41) is 11.5. The predicted octanol–water partition coefficient (Wildman–Crippen LogP) is 3.80. The number of guanidine groups is 1. The molecule has 0 bridgehead atoms. The van der Waals surface area contributed by atoms with E-state index < -0.39 is 0 Å². The maximum atomic E-state index is 5.43. The van der Waals surface area contributed by atoms with E-state index in [4.69, 9.17) is 4.74 Å². The average Bonchev–Trinajstić information content (AvgIpc) is 3.18. The van der Waals surface area contributed by atoms with Crippen LogP contribution in [0.25, 0.3) is 5.69 Å². The summed E-state index contributed by atoms with van der Waals surface area (Å²) in [6, 6.07) is 19.2. The van der Waals surface area contributed by atoms with Gasteiger partial charge in [-0.25, -0.2) is 4.68 Å². The van der Waals surface area contributed by atoms with Crippen molar-refractivity contribution in [1.82, 2.24) is 25.3 Å². The van der Waals surface area contributed by atoms with Crippen LogP contribution < -0.4 is 10.6 Å². The van der Waals surface area contributed by atoms with Crippen molar-refractivity contribution < 1.29 is 4.74 Å². The van der Waals surface area contributed by atoms with Gasteiger partial charge in [0.1, 0.15) is 0 Å². The number of aromatic nitrogens is 2. The summed E-state index contributed by atoms with van der Waals surface area (Å²) in [4.78, 5) is 6.83. The molecule has 0 unspecified atom stereocenters. The molecule has 0 aliphatic carbocycles. The molecule has 182 valence electrons. The Morgan fingerprint density at radius 1 is 0.971 bits per heavy atom. The molecule has 1 fully saturated rings. The van der Waals surface area contributed by atoms with Crippen molar-refractivity contribution in [3.8, 4) is 5.69 Å². The van der Waals surface area contributed by atoms with E-state index in [1.807, 2.05) is 17.7 Å². The van der Waals surface area contributed by atoms with E-state index in [2.05, 4.69) is 81.1 Å². The number of rotatable bonds is 7. The molecule has 4 rings (SSSR count). The lowest BCUT2D eigenvalue weighted by molar-refractivity contribution is 0.0342. The van der Waals surface area contributed by atoms with Crippen LogP contribution in [-0.4, -0.2) is 54.0 Å². The molecule has 0 atom stereocenters. The standard InChI is InChI=1S/C26H34N6O.HI/c1-20-16-21(2)32(30-20)25-7-5-4-6-24(25)18-29-26(27-3)28-17-22-8-10-23(11-9-22)19-31-12-14-33-15-13-31;/h4-11,16H,12-15,17-19H2,1-3H3,(H2,27,28,29);1H. The number of nitrogens with one attached hydrogen (secondary N) is 2. The van der Waals surface area contributed by atoms with E-state index in [9.17, 15) is 0 Å². The van der Waals surface area contributed by atoms with Gasteiger partial charge in [-0.3, -0.25) is 9.89 Å². The number of nitrogens with zero attached hydrogens (tertiary/aromatic N) is 4. The van der Waals surface area contributed by atoms with Gasteiger partial charge in [0.2, 0.25) is 0 Å². The first-order valence-electron chi connectivity index (χ1n) is 11.6. The van der Waals surface area contributed by atoms with Crippen molar-refractivity contribution >= 4 is 29.9 Å². The summed E-state index contributed by atoms with van der Waals surface area (Å²) in [5.41, 5.74) is 6.96. The van der Waals surface area contributed by atoms with Gasteiger partial charge in [0, 0.05) is 45.5 Å². The third kappa shape index (κ3) is 7.04. The monoisotopic (exact) mass is 574 g/mol. The van der Waals surface area contributed by atoms with Crippen LogP contribution in [0.2, 0.25) is 0 Å². The highest BCUT2D eigenvalue weighted by Gasteiger charge is 2.11. The molecule has 0 saturated carbocycles. The Balaban J connectivity index is 0.00000324. The molecule has 0 amide bonds. The Morgan fingerprint density at radius 3 is 2.32 bits per heavy atom. The van der Waals surface area contributed by atoms with E-state index in [1.54, 1.807) is 7.05 Å². The zero-order valence-electron chi connectivity index (χ0n) is 20.3. The third-order valence-electron chi connectivity index (χ3n) is 5.89. The average molecular weight is 575 g/mol. The highest BCUT2D eigenvalue weighted by molar-refractivity contribution is 14.0. The van der Waals surface area contributed by atoms with Crippen molar-refractivity contribution in [1.29, 1.82) is 0 Å². The highest BCUT2D eigenvalue weighted by atomic mass is 127. The number of hydrogen-bond donors (Lipinski definition) is 2. The summed E-state index contributed by atoms with van der Waals surface area (Å²) < 4.78 is 7.43. The van der Waals surface area contributed by atoms with Crippen molar-refractivity contribution in [2.75, 3.05) is 33.4 Å². The van der Waals surface area contributed by atoms with Gasteiger partial charge in [-0.05, 0) is 42.7 Å². The quantitative estimate of drug-likeness (QED) is 0.256. The normalized spacial score (nSPS) is 14.5. The topological polar surface area (TPSA) is 66.7 Å². The molecule has 0 spiro atoms. The van der Waals surface area contributed by atoms with Crippen LogP contribution in [0.3, 0.4) is 0 Å². The van der Waals surface area contributed by atoms with Crippen molar-refractivity contribution in [2.24, 2.45) is 4.99 Å². The summed E-state index contributed by atoms with van der Waals surface area (Å²) >= 11 is 0. The Bertz CT molecular complexity index is 1070. The Kier molecular flexibility index (Phi) is 9.91. The van der Waals surface area contributed by atoms with Crippen LogP contribution in [0.1, 0.15) is 28.1 Å². The fourth-order valence-corrected chi connectivity index (χ4v) is 4.11. The summed E-state index contributed by atoms with van der Waals surface area (Å²) in [6.07, 6.45) is 0. The Morgan fingerprint density at radius 2 is 1.65 bits per heavy atom. The number of benzene rings is 2.